The lowest BCUT2D eigenvalue weighted by atomic mass is 10.1. The van der Waals surface area contributed by atoms with E-state index in [9.17, 15) is 14.9 Å². The lowest BCUT2D eigenvalue weighted by Gasteiger charge is -2.34. The minimum absolute atomic E-state index is 0. The fourth-order valence-corrected chi connectivity index (χ4v) is 3.28. The van der Waals surface area contributed by atoms with Crippen LogP contribution in [0.15, 0.2) is 30.0 Å². The molecule has 29 heavy (non-hydrogen) atoms. The van der Waals surface area contributed by atoms with Gasteiger partial charge in [-0.05, 0) is 44.5 Å². The SMILES string of the molecule is CCN(CC)c1ccc(N/C=C(/C#N)C(=O)N2CCN(C(C)=O)CC2)c(C)c1.[Cl-]. The number of carbonyl (C=O) groups excluding carboxylic acids is 2. The van der Waals surface area contributed by atoms with Crippen LogP contribution in [0.25, 0.3) is 0 Å². The number of nitriles is 1. The van der Waals surface area contributed by atoms with Crippen molar-refractivity contribution in [2.75, 3.05) is 49.5 Å². The number of nitrogens with zero attached hydrogens (tertiary/aromatic N) is 4. The van der Waals surface area contributed by atoms with E-state index in [2.05, 4.69) is 30.1 Å². The van der Waals surface area contributed by atoms with E-state index in [0.29, 0.717) is 26.2 Å². The lowest BCUT2D eigenvalue weighted by molar-refractivity contribution is -0.136. The Bertz CT molecular complexity index is 791. The second kappa shape index (κ2) is 11.3. The fourth-order valence-electron chi connectivity index (χ4n) is 3.28. The van der Waals surface area contributed by atoms with Gasteiger partial charge >= 0.3 is 0 Å². The molecule has 1 fully saturated rings. The van der Waals surface area contributed by atoms with E-state index in [1.165, 1.54) is 13.1 Å². The number of nitrogens with one attached hydrogen (secondary N) is 1. The number of aryl methyl sites for hydroxylation is 1. The molecule has 1 N–H and O–H groups in total. The maximum atomic E-state index is 12.6. The minimum atomic E-state index is -0.310. The first kappa shape index (κ1) is 24.3. The summed E-state index contributed by atoms with van der Waals surface area (Å²) in [6.45, 7) is 11.5. The van der Waals surface area contributed by atoms with Gasteiger partial charge in [-0.15, -0.1) is 0 Å². The number of halogens is 1. The van der Waals surface area contributed by atoms with Crippen molar-refractivity contribution in [1.29, 1.82) is 5.26 Å². The Balaban J connectivity index is 0.00000420. The van der Waals surface area contributed by atoms with Crippen molar-refractivity contribution in [3.63, 3.8) is 0 Å². The van der Waals surface area contributed by atoms with Gasteiger partial charge in [0.05, 0.1) is 0 Å². The molecule has 1 aliphatic heterocycles. The maximum Gasteiger partial charge on any atom is 0.266 e. The third-order valence-electron chi connectivity index (χ3n) is 5.07. The lowest BCUT2D eigenvalue weighted by Crippen LogP contribution is -3.00. The second-order valence-electron chi connectivity index (χ2n) is 6.78. The van der Waals surface area contributed by atoms with Gasteiger partial charge in [-0.2, -0.15) is 5.26 Å². The summed E-state index contributed by atoms with van der Waals surface area (Å²) in [6.07, 6.45) is 1.47. The first-order valence-electron chi connectivity index (χ1n) is 9.68. The topological polar surface area (TPSA) is 79.7 Å². The molecule has 0 aliphatic carbocycles. The normalized spacial score (nSPS) is 14.0. The Morgan fingerprint density at radius 3 is 2.24 bits per heavy atom. The average Bonchev–Trinajstić information content (AvgIpc) is 2.70. The van der Waals surface area contributed by atoms with Crippen molar-refractivity contribution >= 4 is 23.2 Å². The van der Waals surface area contributed by atoms with Crippen LogP contribution < -0.4 is 22.6 Å². The smallest absolute Gasteiger partial charge is 0.266 e. The predicted molar refractivity (Wildman–Crippen MR) is 111 cm³/mol. The zero-order valence-electron chi connectivity index (χ0n) is 17.5. The van der Waals surface area contributed by atoms with Gasteiger partial charge < -0.3 is 32.4 Å². The molecule has 0 bridgehead atoms. The maximum absolute atomic E-state index is 12.6. The van der Waals surface area contributed by atoms with Crippen LogP contribution in [-0.2, 0) is 9.59 Å². The first-order valence-corrected chi connectivity index (χ1v) is 9.68. The van der Waals surface area contributed by atoms with Crippen molar-refractivity contribution in [3.05, 3.63) is 35.5 Å². The van der Waals surface area contributed by atoms with Crippen molar-refractivity contribution in [2.24, 2.45) is 0 Å². The largest absolute Gasteiger partial charge is 1.00 e. The molecule has 7 nitrogen and oxygen atoms in total. The summed E-state index contributed by atoms with van der Waals surface area (Å²) in [6, 6.07) is 8.08. The van der Waals surface area contributed by atoms with Gasteiger partial charge in [0, 0.05) is 63.8 Å². The van der Waals surface area contributed by atoms with E-state index in [-0.39, 0.29) is 29.8 Å². The molecule has 0 saturated carbocycles. The van der Waals surface area contributed by atoms with Gasteiger partial charge in [-0.1, -0.05) is 0 Å². The third-order valence-corrected chi connectivity index (χ3v) is 5.07. The summed E-state index contributed by atoms with van der Waals surface area (Å²) in [5.74, 6) is -0.302. The van der Waals surface area contributed by atoms with Crippen LogP contribution in [0.5, 0.6) is 0 Å². The molecular weight excluding hydrogens is 390 g/mol. The van der Waals surface area contributed by atoms with Crippen LogP contribution in [0, 0.1) is 18.3 Å². The molecule has 0 aromatic heterocycles. The summed E-state index contributed by atoms with van der Waals surface area (Å²) in [4.78, 5) is 29.6. The van der Waals surface area contributed by atoms with E-state index in [4.69, 9.17) is 0 Å². The van der Waals surface area contributed by atoms with Crippen molar-refractivity contribution in [1.82, 2.24) is 9.80 Å². The highest BCUT2D eigenvalue weighted by Crippen LogP contribution is 2.23. The van der Waals surface area contributed by atoms with Crippen LogP contribution in [-0.4, -0.2) is 60.9 Å². The number of hydrogen-bond donors (Lipinski definition) is 1. The molecule has 1 aromatic carbocycles. The Hall–Kier alpha value is -2.72. The van der Waals surface area contributed by atoms with Gasteiger partial charge in [-0.3, -0.25) is 9.59 Å². The molecule has 8 heteroatoms. The summed E-state index contributed by atoms with van der Waals surface area (Å²) < 4.78 is 0. The van der Waals surface area contributed by atoms with Gasteiger partial charge in [0.15, 0.2) is 0 Å². The molecular formula is C21H29ClN5O2-. The Kier molecular flexibility index (Phi) is 9.49. The number of benzene rings is 1. The number of piperazine rings is 1. The molecule has 1 heterocycles. The summed E-state index contributed by atoms with van der Waals surface area (Å²) in [5, 5.41) is 12.5. The molecule has 158 valence electrons. The number of amides is 2. The van der Waals surface area contributed by atoms with E-state index in [0.717, 1.165) is 30.0 Å². The number of rotatable bonds is 6. The second-order valence-corrected chi connectivity index (χ2v) is 6.78. The molecule has 1 aliphatic rings. The summed E-state index contributed by atoms with van der Waals surface area (Å²) in [7, 11) is 0. The monoisotopic (exact) mass is 418 g/mol. The van der Waals surface area contributed by atoms with E-state index in [1.54, 1.807) is 9.80 Å². The highest BCUT2D eigenvalue weighted by Gasteiger charge is 2.24. The van der Waals surface area contributed by atoms with E-state index < -0.39 is 0 Å². The molecule has 0 unspecified atom stereocenters. The Morgan fingerprint density at radius 1 is 1.17 bits per heavy atom. The molecule has 1 aromatic rings. The van der Waals surface area contributed by atoms with Gasteiger partial charge in [0.25, 0.3) is 5.91 Å². The van der Waals surface area contributed by atoms with E-state index >= 15 is 0 Å². The number of anilines is 2. The van der Waals surface area contributed by atoms with Crippen molar-refractivity contribution in [3.8, 4) is 6.07 Å². The highest BCUT2D eigenvalue weighted by molar-refractivity contribution is 5.97. The molecule has 0 radical (unpaired) electrons. The highest BCUT2D eigenvalue weighted by atomic mass is 35.5. The first-order chi connectivity index (χ1) is 13.4. The van der Waals surface area contributed by atoms with E-state index in [1.807, 2.05) is 25.1 Å². The summed E-state index contributed by atoms with van der Waals surface area (Å²) in [5.41, 5.74) is 3.11. The zero-order valence-corrected chi connectivity index (χ0v) is 18.3. The Morgan fingerprint density at radius 2 is 1.76 bits per heavy atom. The van der Waals surface area contributed by atoms with Crippen LogP contribution in [0.4, 0.5) is 11.4 Å². The number of carbonyl (C=O) groups is 2. The standard InChI is InChI=1S/C21H29N5O2.ClH/c1-5-24(6-2)19-7-8-20(16(3)13-19)23-15-18(14-22)21(28)26-11-9-25(10-12-26)17(4)27;/h7-8,13,15,23H,5-6,9-12H2,1-4H3;1H/p-1/b18-15-;. The van der Waals surface area contributed by atoms with Crippen LogP contribution in [0.2, 0.25) is 0 Å². The van der Waals surface area contributed by atoms with Crippen LogP contribution >= 0.6 is 0 Å². The van der Waals surface area contributed by atoms with Crippen LogP contribution in [0.3, 0.4) is 0 Å². The Labute approximate surface area is 179 Å². The van der Waals surface area contributed by atoms with Crippen molar-refractivity contribution in [2.45, 2.75) is 27.7 Å². The molecule has 2 rings (SSSR count). The van der Waals surface area contributed by atoms with Gasteiger partial charge in [0.2, 0.25) is 5.91 Å². The molecule has 2 amide bonds. The number of hydrogen-bond acceptors (Lipinski definition) is 5. The molecule has 1 saturated heterocycles. The molecule has 0 atom stereocenters. The van der Waals surface area contributed by atoms with Gasteiger partial charge in [-0.25, -0.2) is 0 Å². The summed E-state index contributed by atoms with van der Waals surface area (Å²) >= 11 is 0. The zero-order chi connectivity index (χ0) is 20.7. The van der Waals surface area contributed by atoms with Crippen LogP contribution in [0.1, 0.15) is 26.3 Å². The quantitative estimate of drug-likeness (QED) is 0.491. The minimum Gasteiger partial charge on any atom is -1.00 e. The third kappa shape index (κ3) is 6.13. The van der Waals surface area contributed by atoms with Crippen molar-refractivity contribution < 1.29 is 22.0 Å². The molecule has 0 spiro atoms. The fraction of sp³-hybridized carbons (Fsp3) is 0.476. The average molecular weight is 419 g/mol. The van der Waals surface area contributed by atoms with Gasteiger partial charge in [0.1, 0.15) is 11.6 Å². The predicted octanol–water partition coefficient (Wildman–Crippen LogP) is -0.645.